The number of carbonyl (C=O) groups excluding carboxylic acids is 1. The van der Waals surface area contributed by atoms with E-state index in [-0.39, 0.29) is 6.67 Å². The number of azo groups is 1. The van der Waals surface area contributed by atoms with Gasteiger partial charge in [0, 0.05) is 28.5 Å². The van der Waals surface area contributed by atoms with E-state index in [0.29, 0.717) is 40.0 Å². The molecule has 130 valence electrons. The third-order valence-corrected chi connectivity index (χ3v) is 4.59. The monoisotopic (exact) mass is 366 g/mol. The first-order valence-corrected chi connectivity index (χ1v) is 8.74. The van der Waals surface area contributed by atoms with Crippen molar-refractivity contribution in [3.8, 4) is 0 Å². The molecule has 9 nitrogen and oxygen atoms in total. The molecule has 2 N–H and O–H groups in total. The van der Waals surface area contributed by atoms with Crippen LogP contribution in [0.25, 0.3) is 11.0 Å². The maximum absolute atomic E-state index is 11.6. The first kappa shape index (κ1) is 16.3. The summed E-state index contributed by atoms with van der Waals surface area (Å²) in [6, 6.07) is 3.78. The van der Waals surface area contributed by atoms with Crippen molar-refractivity contribution >= 4 is 40.9 Å². The summed E-state index contributed by atoms with van der Waals surface area (Å²) in [4.78, 5) is 33.1. The fourth-order valence-electron chi connectivity index (χ4n) is 2.60. The third kappa shape index (κ3) is 3.06. The first-order valence-electron chi connectivity index (χ1n) is 7.93. The zero-order valence-electron chi connectivity index (χ0n) is 13.8. The van der Waals surface area contributed by atoms with E-state index in [0.717, 1.165) is 16.9 Å². The highest BCUT2D eigenvalue weighted by molar-refractivity contribution is 7.99. The molecule has 4 rings (SSSR count). The Kier molecular flexibility index (Phi) is 4.40. The lowest BCUT2D eigenvalue weighted by atomic mass is 10.1. The zero-order chi connectivity index (χ0) is 17.9. The van der Waals surface area contributed by atoms with Gasteiger partial charge in [-0.2, -0.15) is 5.11 Å². The Hall–Kier alpha value is -3.14. The molecule has 0 fully saturated rings. The van der Waals surface area contributed by atoms with Crippen LogP contribution in [-0.4, -0.2) is 38.9 Å². The number of aromatic amines is 1. The number of hydrogen-bond donors (Lipinski definition) is 2. The average Bonchev–Trinajstić information content (AvgIpc) is 3.29. The van der Waals surface area contributed by atoms with Crippen LogP contribution >= 0.6 is 11.8 Å². The van der Waals surface area contributed by atoms with Gasteiger partial charge < -0.3 is 10.3 Å². The topological polar surface area (TPSA) is 121 Å². The SMILES string of the molecule is CCc1[nH]c2nc(Sc3cccnc3)nc(NC3=NCN=N3)c2c1C=O. The normalized spacial score (nSPS) is 13.2. The van der Waals surface area contributed by atoms with Crippen LogP contribution in [0.15, 0.2) is 49.8 Å². The molecule has 0 amide bonds. The first-order chi connectivity index (χ1) is 12.8. The van der Waals surface area contributed by atoms with Crippen molar-refractivity contribution in [1.82, 2.24) is 19.9 Å². The quantitative estimate of drug-likeness (QED) is 0.529. The van der Waals surface area contributed by atoms with Crippen LogP contribution in [0.4, 0.5) is 5.82 Å². The van der Waals surface area contributed by atoms with E-state index in [4.69, 9.17) is 0 Å². The smallest absolute Gasteiger partial charge is 0.245 e. The number of aliphatic imine (C=N–C) groups is 1. The second-order valence-electron chi connectivity index (χ2n) is 5.35. The maximum Gasteiger partial charge on any atom is 0.245 e. The number of rotatable bonds is 5. The van der Waals surface area contributed by atoms with E-state index in [9.17, 15) is 4.79 Å². The summed E-state index contributed by atoms with van der Waals surface area (Å²) in [5, 5.41) is 11.9. The highest BCUT2D eigenvalue weighted by Gasteiger charge is 2.19. The number of pyridine rings is 1. The molecule has 0 saturated carbocycles. The van der Waals surface area contributed by atoms with Gasteiger partial charge in [-0.1, -0.05) is 6.92 Å². The molecule has 1 aliphatic rings. The van der Waals surface area contributed by atoms with E-state index in [1.54, 1.807) is 12.4 Å². The van der Waals surface area contributed by atoms with E-state index < -0.39 is 0 Å². The molecule has 1 aliphatic heterocycles. The van der Waals surface area contributed by atoms with Crippen LogP contribution in [0.3, 0.4) is 0 Å². The van der Waals surface area contributed by atoms with Crippen molar-refractivity contribution in [2.75, 3.05) is 12.0 Å². The molecule has 0 spiro atoms. The van der Waals surface area contributed by atoms with Gasteiger partial charge in [-0.15, -0.1) is 5.11 Å². The number of aryl methyl sites for hydroxylation is 1. The van der Waals surface area contributed by atoms with Crippen LogP contribution in [0.5, 0.6) is 0 Å². The van der Waals surface area contributed by atoms with Crippen LogP contribution < -0.4 is 5.32 Å². The molecule has 0 aromatic carbocycles. The second kappa shape index (κ2) is 7.00. The van der Waals surface area contributed by atoms with Crippen LogP contribution in [-0.2, 0) is 6.42 Å². The summed E-state index contributed by atoms with van der Waals surface area (Å²) in [7, 11) is 0. The molecule has 3 aromatic rings. The minimum absolute atomic E-state index is 0.280. The minimum Gasteiger partial charge on any atom is -0.342 e. The molecule has 3 aromatic heterocycles. The number of nitrogens with one attached hydrogen (secondary N) is 2. The number of guanidine groups is 1. The fraction of sp³-hybridized carbons (Fsp3) is 0.188. The van der Waals surface area contributed by atoms with Crippen molar-refractivity contribution in [1.29, 1.82) is 0 Å². The van der Waals surface area contributed by atoms with Gasteiger partial charge in [0.05, 0.1) is 5.39 Å². The van der Waals surface area contributed by atoms with Crippen molar-refractivity contribution in [3.63, 3.8) is 0 Å². The van der Waals surface area contributed by atoms with Crippen LogP contribution in [0.2, 0.25) is 0 Å². The van der Waals surface area contributed by atoms with E-state index >= 15 is 0 Å². The standard InChI is InChI=1S/C16H14N8OS/c1-2-11-10(7-25)12-13(20-11)22-16(26-9-4-3-5-17-6-9)23-14(12)21-15-18-8-19-24-15/h3-7H,2,8H2,1H3,(H2,18,20,21,22,23). The van der Waals surface area contributed by atoms with E-state index in [1.807, 2.05) is 19.1 Å². The molecule has 10 heteroatoms. The molecule has 0 atom stereocenters. The van der Waals surface area contributed by atoms with E-state index in [2.05, 4.69) is 40.5 Å². The number of H-pyrrole nitrogens is 1. The third-order valence-electron chi connectivity index (χ3n) is 3.75. The molecular formula is C16H14N8OS. The Balaban J connectivity index is 1.84. The number of aldehydes is 1. The second-order valence-corrected chi connectivity index (χ2v) is 6.39. The molecule has 0 saturated heterocycles. The molecule has 4 heterocycles. The van der Waals surface area contributed by atoms with Gasteiger partial charge in [0.15, 0.2) is 18.1 Å². The molecular weight excluding hydrogens is 352 g/mol. The van der Waals surface area contributed by atoms with Gasteiger partial charge >= 0.3 is 0 Å². The van der Waals surface area contributed by atoms with Crippen molar-refractivity contribution in [3.05, 3.63) is 35.8 Å². The largest absolute Gasteiger partial charge is 0.342 e. The molecule has 0 bridgehead atoms. The highest BCUT2D eigenvalue weighted by Crippen LogP contribution is 2.31. The Morgan fingerprint density at radius 2 is 2.31 bits per heavy atom. The number of fused-ring (bicyclic) bond motifs is 1. The van der Waals surface area contributed by atoms with Gasteiger partial charge in [0.1, 0.15) is 11.5 Å². The van der Waals surface area contributed by atoms with Gasteiger partial charge in [-0.25, -0.2) is 15.0 Å². The summed E-state index contributed by atoms with van der Waals surface area (Å²) >= 11 is 1.38. The van der Waals surface area contributed by atoms with Crippen molar-refractivity contribution < 1.29 is 4.79 Å². The summed E-state index contributed by atoms with van der Waals surface area (Å²) in [5.41, 5.74) is 1.94. The minimum atomic E-state index is 0.280. The predicted octanol–water partition coefficient (Wildman–Crippen LogP) is 3.07. The lowest BCUT2D eigenvalue weighted by molar-refractivity contribution is 0.112. The predicted molar refractivity (Wildman–Crippen MR) is 97.8 cm³/mol. The summed E-state index contributed by atoms with van der Waals surface area (Å²) in [6.07, 6.45) is 4.94. The van der Waals surface area contributed by atoms with Gasteiger partial charge in [0.2, 0.25) is 5.96 Å². The molecule has 0 unspecified atom stereocenters. The highest BCUT2D eigenvalue weighted by atomic mass is 32.2. The van der Waals surface area contributed by atoms with Gasteiger partial charge in [0.25, 0.3) is 0 Å². The number of nitrogens with zero attached hydrogens (tertiary/aromatic N) is 6. The lowest BCUT2D eigenvalue weighted by Gasteiger charge is -2.07. The fourth-order valence-corrected chi connectivity index (χ4v) is 3.35. The lowest BCUT2D eigenvalue weighted by Crippen LogP contribution is -2.10. The summed E-state index contributed by atoms with van der Waals surface area (Å²) < 4.78 is 0. The maximum atomic E-state index is 11.6. The Labute approximate surface area is 152 Å². The zero-order valence-corrected chi connectivity index (χ0v) is 14.6. The van der Waals surface area contributed by atoms with Gasteiger partial charge in [-0.3, -0.25) is 9.78 Å². The Morgan fingerprint density at radius 1 is 1.38 bits per heavy atom. The Bertz CT molecular complexity index is 1030. The van der Waals surface area contributed by atoms with Gasteiger partial charge in [-0.05, 0) is 30.3 Å². The molecule has 0 radical (unpaired) electrons. The molecule has 26 heavy (non-hydrogen) atoms. The van der Waals surface area contributed by atoms with Crippen molar-refractivity contribution in [2.24, 2.45) is 15.2 Å². The van der Waals surface area contributed by atoms with Crippen molar-refractivity contribution in [2.45, 2.75) is 23.4 Å². The molecule has 0 aliphatic carbocycles. The number of aromatic nitrogens is 4. The number of hydrogen-bond acceptors (Lipinski definition) is 9. The average molecular weight is 366 g/mol. The van der Waals surface area contributed by atoms with Crippen LogP contribution in [0, 0.1) is 0 Å². The Morgan fingerprint density at radius 3 is 3.00 bits per heavy atom. The number of carbonyl (C=O) groups is 1. The number of anilines is 1. The van der Waals surface area contributed by atoms with Crippen LogP contribution in [0.1, 0.15) is 23.0 Å². The summed E-state index contributed by atoms with van der Waals surface area (Å²) in [5.74, 6) is 0.831. The summed E-state index contributed by atoms with van der Waals surface area (Å²) in [6.45, 7) is 2.25. The van der Waals surface area contributed by atoms with E-state index in [1.165, 1.54) is 11.8 Å².